The number of H-pyrrole nitrogens is 1. The van der Waals surface area contributed by atoms with Crippen molar-refractivity contribution in [1.29, 1.82) is 0 Å². The van der Waals surface area contributed by atoms with Crippen LogP contribution in [0.2, 0.25) is 5.02 Å². The van der Waals surface area contributed by atoms with Crippen LogP contribution in [0, 0.1) is 5.82 Å². The predicted octanol–water partition coefficient (Wildman–Crippen LogP) is 2.46. The predicted molar refractivity (Wildman–Crippen MR) is 60.0 cm³/mol. The minimum Gasteiger partial charge on any atom is -0.495 e. The lowest BCUT2D eigenvalue weighted by Crippen LogP contribution is -1.92. The fraction of sp³-hybridized carbons (Fsp3) is 0.100. The Balaban J connectivity index is 2.59. The van der Waals surface area contributed by atoms with Crippen molar-refractivity contribution >= 4 is 17.4 Å². The van der Waals surface area contributed by atoms with Crippen molar-refractivity contribution in [2.24, 2.45) is 0 Å². The molecule has 0 amide bonds. The number of anilines is 1. The van der Waals surface area contributed by atoms with Crippen molar-refractivity contribution in [2.45, 2.75) is 0 Å². The average molecular weight is 242 g/mol. The Hall–Kier alpha value is -1.75. The average Bonchev–Trinajstić information content (AvgIpc) is 2.67. The van der Waals surface area contributed by atoms with E-state index in [-0.39, 0.29) is 11.3 Å². The smallest absolute Gasteiger partial charge is 0.140 e. The number of rotatable bonds is 2. The van der Waals surface area contributed by atoms with Gasteiger partial charge in [0.25, 0.3) is 0 Å². The normalized spacial score (nSPS) is 10.4. The van der Waals surface area contributed by atoms with Gasteiger partial charge in [0.1, 0.15) is 17.4 Å². The van der Waals surface area contributed by atoms with Gasteiger partial charge in [0.15, 0.2) is 0 Å². The summed E-state index contributed by atoms with van der Waals surface area (Å²) in [7, 11) is 1.42. The number of hydrogen-bond acceptors (Lipinski definition) is 3. The summed E-state index contributed by atoms with van der Waals surface area (Å²) in [5, 5.41) is 6.57. The first-order valence-corrected chi connectivity index (χ1v) is 4.83. The van der Waals surface area contributed by atoms with Gasteiger partial charge in [-0.3, -0.25) is 5.10 Å². The van der Waals surface area contributed by atoms with Gasteiger partial charge in [-0.2, -0.15) is 5.10 Å². The summed E-state index contributed by atoms with van der Waals surface area (Å²) in [4.78, 5) is 0. The number of ether oxygens (including phenoxy) is 1. The van der Waals surface area contributed by atoms with E-state index >= 15 is 0 Å². The van der Waals surface area contributed by atoms with Crippen LogP contribution < -0.4 is 10.5 Å². The van der Waals surface area contributed by atoms with Gasteiger partial charge >= 0.3 is 0 Å². The van der Waals surface area contributed by atoms with Crippen LogP contribution >= 0.6 is 11.6 Å². The standard InChI is InChI=1S/C10H9ClFN3O/c1-16-9-3-8(12)5(2-7(9)11)6-4-14-15-10(6)13/h2-4H,1H3,(H3,13,14,15). The molecule has 2 rings (SSSR count). The number of nitrogen functional groups attached to an aromatic ring is 1. The molecule has 0 atom stereocenters. The van der Waals surface area contributed by atoms with E-state index in [4.69, 9.17) is 22.1 Å². The number of nitrogens with zero attached hydrogens (tertiary/aromatic N) is 1. The number of benzene rings is 1. The van der Waals surface area contributed by atoms with Crippen molar-refractivity contribution in [3.8, 4) is 16.9 Å². The highest BCUT2D eigenvalue weighted by Crippen LogP contribution is 2.34. The van der Waals surface area contributed by atoms with Crippen LogP contribution in [0.3, 0.4) is 0 Å². The molecule has 4 nitrogen and oxygen atoms in total. The molecule has 84 valence electrons. The highest BCUT2D eigenvalue weighted by Gasteiger charge is 2.13. The van der Waals surface area contributed by atoms with Gasteiger partial charge in [0.05, 0.1) is 18.3 Å². The Labute approximate surface area is 96.2 Å². The van der Waals surface area contributed by atoms with E-state index in [1.54, 1.807) is 0 Å². The molecule has 3 N–H and O–H groups in total. The van der Waals surface area contributed by atoms with Gasteiger partial charge in [-0.05, 0) is 6.07 Å². The van der Waals surface area contributed by atoms with Crippen LogP contribution in [0.25, 0.3) is 11.1 Å². The molecule has 0 spiro atoms. The molecule has 0 bridgehead atoms. The van der Waals surface area contributed by atoms with Crippen molar-refractivity contribution in [1.82, 2.24) is 10.2 Å². The van der Waals surface area contributed by atoms with Gasteiger partial charge in [-0.15, -0.1) is 0 Å². The molecule has 0 saturated carbocycles. The second kappa shape index (κ2) is 4.02. The molecule has 0 radical (unpaired) electrons. The summed E-state index contributed by atoms with van der Waals surface area (Å²) in [6.45, 7) is 0. The maximum atomic E-state index is 13.7. The Morgan fingerprint density at radius 1 is 1.44 bits per heavy atom. The number of methoxy groups -OCH3 is 1. The number of aromatic amines is 1. The van der Waals surface area contributed by atoms with E-state index in [0.717, 1.165) is 0 Å². The maximum absolute atomic E-state index is 13.7. The molecule has 0 aliphatic heterocycles. The quantitative estimate of drug-likeness (QED) is 0.849. The maximum Gasteiger partial charge on any atom is 0.140 e. The van der Waals surface area contributed by atoms with E-state index in [9.17, 15) is 4.39 Å². The van der Waals surface area contributed by atoms with Gasteiger partial charge in [0.2, 0.25) is 0 Å². The second-order valence-corrected chi connectivity index (χ2v) is 3.57. The van der Waals surface area contributed by atoms with Crippen LogP contribution in [0.15, 0.2) is 18.3 Å². The van der Waals surface area contributed by atoms with Crippen LogP contribution in [-0.4, -0.2) is 17.3 Å². The molecule has 0 aliphatic rings. The Morgan fingerprint density at radius 2 is 2.19 bits per heavy atom. The van der Waals surface area contributed by atoms with E-state index < -0.39 is 5.82 Å². The van der Waals surface area contributed by atoms with Crippen LogP contribution in [0.4, 0.5) is 10.2 Å². The first-order valence-electron chi connectivity index (χ1n) is 4.45. The molecule has 1 aromatic heterocycles. The van der Waals surface area contributed by atoms with Crippen LogP contribution in [-0.2, 0) is 0 Å². The molecule has 1 heterocycles. The SMILES string of the molecule is COc1cc(F)c(-c2cn[nH]c2N)cc1Cl. The Morgan fingerprint density at radius 3 is 2.75 bits per heavy atom. The van der Waals surface area contributed by atoms with Gasteiger partial charge < -0.3 is 10.5 Å². The summed E-state index contributed by atoms with van der Waals surface area (Å²) >= 11 is 5.91. The third kappa shape index (κ3) is 1.69. The van der Waals surface area contributed by atoms with E-state index in [0.29, 0.717) is 16.4 Å². The lowest BCUT2D eigenvalue weighted by atomic mass is 10.1. The molecule has 2 aromatic rings. The van der Waals surface area contributed by atoms with Gasteiger partial charge in [-0.25, -0.2) is 4.39 Å². The highest BCUT2D eigenvalue weighted by atomic mass is 35.5. The third-order valence-electron chi connectivity index (χ3n) is 2.20. The zero-order valence-electron chi connectivity index (χ0n) is 8.42. The molecular weight excluding hydrogens is 233 g/mol. The lowest BCUT2D eigenvalue weighted by molar-refractivity contribution is 0.411. The van der Waals surface area contributed by atoms with Crippen LogP contribution in [0.1, 0.15) is 0 Å². The molecule has 16 heavy (non-hydrogen) atoms. The first-order chi connectivity index (χ1) is 7.63. The van der Waals surface area contributed by atoms with E-state index in [2.05, 4.69) is 10.2 Å². The molecule has 0 saturated heterocycles. The van der Waals surface area contributed by atoms with Crippen molar-refractivity contribution < 1.29 is 9.13 Å². The topological polar surface area (TPSA) is 63.9 Å². The fourth-order valence-electron chi connectivity index (χ4n) is 1.40. The second-order valence-electron chi connectivity index (χ2n) is 3.16. The van der Waals surface area contributed by atoms with Crippen LogP contribution in [0.5, 0.6) is 5.75 Å². The zero-order valence-corrected chi connectivity index (χ0v) is 9.18. The summed E-state index contributed by atoms with van der Waals surface area (Å²) < 4.78 is 18.6. The highest BCUT2D eigenvalue weighted by molar-refractivity contribution is 6.32. The lowest BCUT2D eigenvalue weighted by Gasteiger charge is -2.07. The number of aromatic nitrogens is 2. The number of nitrogens with one attached hydrogen (secondary N) is 1. The zero-order chi connectivity index (χ0) is 11.7. The summed E-state index contributed by atoms with van der Waals surface area (Å²) in [5.74, 6) is 0.111. The Kier molecular flexibility index (Phi) is 2.70. The van der Waals surface area contributed by atoms with Crippen molar-refractivity contribution in [2.75, 3.05) is 12.8 Å². The summed E-state index contributed by atoms with van der Waals surface area (Å²) in [6, 6.07) is 2.67. The largest absolute Gasteiger partial charge is 0.495 e. The monoisotopic (exact) mass is 241 g/mol. The minimum absolute atomic E-state index is 0.282. The van der Waals surface area contributed by atoms with Crippen molar-refractivity contribution in [3.05, 3.63) is 29.2 Å². The minimum atomic E-state index is -0.464. The number of halogens is 2. The third-order valence-corrected chi connectivity index (χ3v) is 2.50. The number of hydrogen-bond donors (Lipinski definition) is 2. The first kappa shape index (κ1) is 10.8. The Bertz CT molecular complexity index is 527. The van der Waals surface area contributed by atoms with Gasteiger partial charge in [-0.1, -0.05) is 11.6 Å². The molecule has 0 unspecified atom stereocenters. The van der Waals surface area contributed by atoms with Gasteiger partial charge in [0, 0.05) is 17.2 Å². The molecular formula is C10H9ClFN3O. The fourth-order valence-corrected chi connectivity index (χ4v) is 1.64. The molecule has 1 aromatic carbocycles. The van der Waals surface area contributed by atoms with Crippen molar-refractivity contribution in [3.63, 3.8) is 0 Å². The summed E-state index contributed by atoms with van der Waals surface area (Å²) in [6.07, 6.45) is 1.44. The molecule has 6 heteroatoms. The molecule has 0 aliphatic carbocycles. The molecule has 0 fully saturated rings. The van der Waals surface area contributed by atoms with E-state index in [1.807, 2.05) is 0 Å². The van der Waals surface area contributed by atoms with E-state index in [1.165, 1.54) is 25.4 Å². The summed E-state index contributed by atoms with van der Waals surface area (Å²) in [5.41, 5.74) is 6.37. The number of nitrogens with two attached hydrogens (primary N) is 1.